The van der Waals surface area contributed by atoms with Crippen molar-refractivity contribution in [2.24, 2.45) is 11.8 Å². The average molecular weight is 273 g/mol. The third-order valence-electron chi connectivity index (χ3n) is 3.75. The molecular weight excluding hydrogens is 246 g/mol. The number of nitrogens with zero attached hydrogens (tertiary/aromatic N) is 1. The molecule has 0 radical (unpaired) electrons. The molecule has 0 heterocycles. The first-order chi connectivity index (χ1) is 9.41. The Balaban J connectivity index is 2.72. The molecule has 0 aliphatic rings. The number of benzene rings is 1. The van der Waals surface area contributed by atoms with E-state index >= 15 is 0 Å². The quantitative estimate of drug-likeness (QED) is 0.710. The molecule has 0 saturated heterocycles. The molecule has 1 rings (SSSR count). The third-order valence-corrected chi connectivity index (χ3v) is 3.75. The zero-order chi connectivity index (χ0) is 15.1. The van der Waals surface area contributed by atoms with E-state index in [0.717, 1.165) is 12.1 Å². The Labute approximate surface area is 123 Å². The van der Waals surface area contributed by atoms with Gasteiger partial charge in [0, 0.05) is 18.7 Å². The largest absolute Gasteiger partial charge is 0.336 e. The van der Waals surface area contributed by atoms with Gasteiger partial charge in [-0.25, -0.2) is 0 Å². The van der Waals surface area contributed by atoms with Crippen LogP contribution in [0.15, 0.2) is 36.4 Å². The molecule has 0 saturated carbocycles. The number of hydrogen-bond donors (Lipinski definition) is 0. The molecule has 20 heavy (non-hydrogen) atoms. The molecule has 1 aromatic carbocycles. The van der Waals surface area contributed by atoms with Gasteiger partial charge in [-0.15, -0.1) is 0 Å². The number of carbonyl (C=O) groups is 1. The Kier molecular flexibility index (Phi) is 6.50. The molecule has 1 aromatic rings. The van der Waals surface area contributed by atoms with E-state index in [9.17, 15) is 4.79 Å². The summed E-state index contributed by atoms with van der Waals surface area (Å²) in [5, 5.41) is 0. The van der Waals surface area contributed by atoms with Gasteiger partial charge in [0.05, 0.1) is 0 Å². The van der Waals surface area contributed by atoms with Crippen LogP contribution in [0.3, 0.4) is 0 Å². The van der Waals surface area contributed by atoms with Crippen molar-refractivity contribution < 1.29 is 4.79 Å². The lowest BCUT2D eigenvalue weighted by Gasteiger charge is -2.30. The molecular formula is C18H27NO. The molecule has 0 N–H and O–H groups in total. The van der Waals surface area contributed by atoms with Gasteiger partial charge < -0.3 is 4.90 Å². The van der Waals surface area contributed by atoms with Crippen LogP contribution < -0.4 is 0 Å². The van der Waals surface area contributed by atoms with Gasteiger partial charge in [0.25, 0.3) is 0 Å². The summed E-state index contributed by atoms with van der Waals surface area (Å²) in [5.41, 5.74) is 1.06. The van der Waals surface area contributed by atoms with E-state index in [1.807, 2.05) is 41.3 Å². The SMILES string of the molecule is CC(C)C(C)CN(C(=O)/C=C/c1ccccc1)C(C)C. The second kappa shape index (κ2) is 7.88. The lowest BCUT2D eigenvalue weighted by atomic mass is 9.97. The minimum Gasteiger partial charge on any atom is -0.336 e. The van der Waals surface area contributed by atoms with E-state index in [2.05, 4.69) is 34.6 Å². The van der Waals surface area contributed by atoms with E-state index in [1.165, 1.54) is 0 Å². The zero-order valence-corrected chi connectivity index (χ0v) is 13.3. The smallest absolute Gasteiger partial charge is 0.246 e. The maximum absolute atomic E-state index is 12.4. The van der Waals surface area contributed by atoms with Gasteiger partial charge in [-0.2, -0.15) is 0 Å². The number of amides is 1. The van der Waals surface area contributed by atoms with Crippen LogP contribution in [0, 0.1) is 11.8 Å². The number of hydrogen-bond acceptors (Lipinski definition) is 1. The van der Waals surface area contributed by atoms with Crippen molar-refractivity contribution in [2.75, 3.05) is 6.54 Å². The fourth-order valence-electron chi connectivity index (χ4n) is 1.90. The second-order valence-corrected chi connectivity index (χ2v) is 6.05. The summed E-state index contributed by atoms with van der Waals surface area (Å²) in [7, 11) is 0. The molecule has 0 aliphatic heterocycles. The van der Waals surface area contributed by atoms with Crippen molar-refractivity contribution in [1.29, 1.82) is 0 Å². The van der Waals surface area contributed by atoms with Gasteiger partial charge in [-0.1, -0.05) is 51.1 Å². The summed E-state index contributed by atoms with van der Waals surface area (Å²) < 4.78 is 0. The van der Waals surface area contributed by atoms with Gasteiger partial charge in [-0.05, 0) is 37.3 Å². The van der Waals surface area contributed by atoms with Crippen LogP contribution in [0.2, 0.25) is 0 Å². The van der Waals surface area contributed by atoms with Crippen LogP contribution in [0.25, 0.3) is 6.08 Å². The number of carbonyl (C=O) groups excluding carboxylic acids is 1. The lowest BCUT2D eigenvalue weighted by molar-refractivity contribution is -0.128. The topological polar surface area (TPSA) is 20.3 Å². The van der Waals surface area contributed by atoms with E-state index in [1.54, 1.807) is 6.08 Å². The summed E-state index contributed by atoms with van der Waals surface area (Å²) in [6.45, 7) is 11.6. The Morgan fingerprint density at radius 1 is 1.10 bits per heavy atom. The van der Waals surface area contributed by atoms with E-state index in [4.69, 9.17) is 0 Å². The molecule has 0 spiro atoms. The molecule has 0 bridgehead atoms. The van der Waals surface area contributed by atoms with Crippen molar-refractivity contribution in [1.82, 2.24) is 4.90 Å². The predicted molar refractivity (Wildman–Crippen MR) is 86.3 cm³/mol. The van der Waals surface area contributed by atoms with Crippen molar-refractivity contribution in [3.63, 3.8) is 0 Å². The Morgan fingerprint density at radius 2 is 1.70 bits per heavy atom. The molecule has 0 aromatic heterocycles. The Morgan fingerprint density at radius 3 is 2.20 bits per heavy atom. The van der Waals surface area contributed by atoms with Crippen molar-refractivity contribution in [3.05, 3.63) is 42.0 Å². The number of rotatable bonds is 6. The third kappa shape index (κ3) is 5.20. The van der Waals surface area contributed by atoms with Gasteiger partial charge in [0.2, 0.25) is 5.91 Å². The van der Waals surface area contributed by atoms with E-state index in [-0.39, 0.29) is 11.9 Å². The molecule has 1 atom stereocenters. The Bertz CT molecular complexity index is 434. The summed E-state index contributed by atoms with van der Waals surface area (Å²) in [5.74, 6) is 1.19. The van der Waals surface area contributed by atoms with Crippen LogP contribution in [-0.2, 0) is 4.79 Å². The maximum Gasteiger partial charge on any atom is 0.246 e. The maximum atomic E-state index is 12.4. The predicted octanol–water partition coefficient (Wildman–Crippen LogP) is 4.23. The van der Waals surface area contributed by atoms with Crippen LogP contribution >= 0.6 is 0 Å². The average Bonchev–Trinajstić information content (AvgIpc) is 2.42. The zero-order valence-electron chi connectivity index (χ0n) is 13.3. The molecule has 2 heteroatoms. The van der Waals surface area contributed by atoms with Gasteiger partial charge in [0.1, 0.15) is 0 Å². The monoisotopic (exact) mass is 273 g/mol. The molecule has 1 amide bonds. The Hall–Kier alpha value is -1.57. The van der Waals surface area contributed by atoms with Crippen LogP contribution in [0.4, 0.5) is 0 Å². The first kappa shape index (κ1) is 16.5. The normalized spacial score (nSPS) is 13.2. The fourth-order valence-corrected chi connectivity index (χ4v) is 1.90. The minimum atomic E-state index is 0.0938. The summed E-state index contributed by atoms with van der Waals surface area (Å²) >= 11 is 0. The van der Waals surface area contributed by atoms with Crippen molar-refractivity contribution >= 4 is 12.0 Å². The molecule has 1 unspecified atom stereocenters. The lowest BCUT2D eigenvalue weighted by Crippen LogP contribution is -2.39. The molecule has 2 nitrogen and oxygen atoms in total. The first-order valence-corrected chi connectivity index (χ1v) is 7.45. The highest BCUT2D eigenvalue weighted by Crippen LogP contribution is 2.14. The van der Waals surface area contributed by atoms with Crippen LogP contribution in [-0.4, -0.2) is 23.4 Å². The fraction of sp³-hybridized carbons (Fsp3) is 0.500. The highest BCUT2D eigenvalue weighted by atomic mass is 16.2. The molecule has 0 fully saturated rings. The van der Waals surface area contributed by atoms with Crippen LogP contribution in [0.1, 0.15) is 40.2 Å². The highest BCUT2D eigenvalue weighted by molar-refractivity contribution is 5.91. The van der Waals surface area contributed by atoms with Gasteiger partial charge in [0.15, 0.2) is 0 Å². The minimum absolute atomic E-state index is 0.0938. The standard InChI is InChI=1S/C18H27NO/c1-14(2)16(5)13-19(15(3)4)18(20)12-11-17-9-7-6-8-10-17/h6-12,14-16H,13H2,1-5H3/b12-11+. The summed E-state index contributed by atoms with van der Waals surface area (Å²) in [6, 6.07) is 10.2. The summed E-state index contributed by atoms with van der Waals surface area (Å²) in [6.07, 6.45) is 3.57. The summed E-state index contributed by atoms with van der Waals surface area (Å²) in [4.78, 5) is 14.3. The first-order valence-electron chi connectivity index (χ1n) is 7.45. The van der Waals surface area contributed by atoms with Gasteiger partial charge >= 0.3 is 0 Å². The molecule has 110 valence electrons. The molecule has 0 aliphatic carbocycles. The van der Waals surface area contributed by atoms with E-state index < -0.39 is 0 Å². The van der Waals surface area contributed by atoms with Crippen molar-refractivity contribution in [2.45, 2.75) is 40.7 Å². The second-order valence-electron chi connectivity index (χ2n) is 6.05. The van der Waals surface area contributed by atoms with Gasteiger partial charge in [-0.3, -0.25) is 4.79 Å². The van der Waals surface area contributed by atoms with Crippen molar-refractivity contribution in [3.8, 4) is 0 Å². The highest BCUT2D eigenvalue weighted by Gasteiger charge is 2.19. The van der Waals surface area contributed by atoms with Crippen LogP contribution in [0.5, 0.6) is 0 Å². The van der Waals surface area contributed by atoms with E-state index in [0.29, 0.717) is 11.8 Å².